The molecule has 3 aromatic rings. The fourth-order valence-corrected chi connectivity index (χ4v) is 1.96. The van der Waals surface area contributed by atoms with E-state index in [1.807, 2.05) is 42.4 Å². The fourth-order valence-electron chi connectivity index (χ4n) is 1.96. The number of anilines is 1. The Morgan fingerprint density at radius 1 is 1.26 bits per heavy atom. The van der Waals surface area contributed by atoms with Gasteiger partial charge in [0.2, 0.25) is 5.65 Å². The summed E-state index contributed by atoms with van der Waals surface area (Å²) >= 11 is 0. The van der Waals surface area contributed by atoms with E-state index in [1.165, 1.54) is 0 Å². The zero-order valence-electron chi connectivity index (χ0n) is 11.1. The lowest BCUT2D eigenvalue weighted by atomic mass is 10.2. The van der Waals surface area contributed by atoms with E-state index < -0.39 is 0 Å². The quantitative estimate of drug-likeness (QED) is 0.760. The fraction of sp³-hybridized carbons (Fsp3) is 0.333. The molecule has 98 valence electrons. The normalized spacial score (nSPS) is 11.1. The number of aryl methyl sites for hydroxylation is 2. The summed E-state index contributed by atoms with van der Waals surface area (Å²) in [6.07, 6.45) is 5.45. The van der Waals surface area contributed by atoms with Gasteiger partial charge in [-0.05, 0) is 13.8 Å². The number of hydrogen-bond donors (Lipinski definition) is 1. The number of aromatic nitrogens is 6. The van der Waals surface area contributed by atoms with Crippen molar-refractivity contribution in [3.8, 4) is 0 Å². The van der Waals surface area contributed by atoms with E-state index in [1.54, 1.807) is 6.20 Å². The molecule has 0 aliphatic heterocycles. The minimum atomic E-state index is 0.665. The second-order valence-electron chi connectivity index (χ2n) is 4.45. The summed E-state index contributed by atoms with van der Waals surface area (Å²) in [6, 6.07) is 0. The lowest BCUT2D eigenvalue weighted by Crippen LogP contribution is -2.05. The molecule has 0 fully saturated rings. The van der Waals surface area contributed by atoms with Gasteiger partial charge in [-0.2, -0.15) is 5.10 Å². The Balaban J connectivity index is 1.88. The molecule has 3 aromatic heterocycles. The molecule has 0 unspecified atom stereocenters. The van der Waals surface area contributed by atoms with Crippen molar-refractivity contribution in [2.45, 2.75) is 20.4 Å². The maximum absolute atomic E-state index is 4.31. The summed E-state index contributed by atoms with van der Waals surface area (Å²) in [7, 11) is 1.93. The van der Waals surface area contributed by atoms with Crippen molar-refractivity contribution in [3.63, 3.8) is 0 Å². The van der Waals surface area contributed by atoms with Crippen LogP contribution >= 0.6 is 0 Å². The monoisotopic (exact) mass is 257 g/mol. The standard InChI is InChI=1S/C12H15N7/c1-8-10(7-15-18(8)3)6-14-11-12-17-16-9(2)19(12)5-4-13-11/h4-5,7H,6H2,1-3H3,(H,13,14). The summed E-state index contributed by atoms with van der Waals surface area (Å²) in [4.78, 5) is 4.31. The van der Waals surface area contributed by atoms with Crippen LogP contribution in [0.3, 0.4) is 0 Å². The molecule has 1 N–H and O–H groups in total. The predicted molar refractivity (Wildman–Crippen MR) is 70.8 cm³/mol. The largest absolute Gasteiger partial charge is 0.363 e. The lowest BCUT2D eigenvalue weighted by Gasteiger charge is -2.06. The SMILES string of the molecule is Cc1c(CNc2nccn3c(C)nnc23)cnn1C. The summed E-state index contributed by atoms with van der Waals surface area (Å²) in [6.45, 7) is 4.62. The van der Waals surface area contributed by atoms with Gasteiger partial charge in [0.1, 0.15) is 5.82 Å². The van der Waals surface area contributed by atoms with Crippen molar-refractivity contribution in [2.24, 2.45) is 7.05 Å². The van der Waals surface area contributed by atoms with Crippen molar-refractivity contribution in [2.75, 3.05) is 5.32 Å². The Morgan fingerprint density at radius 3 is 2.84 bits per heavy atom. The van der Waals surface area contributed by atoms with Crippen LogP contribution in [0.1, 0.15) is 17.1 Å². The first kappa shape index (κ1) is 11.6. The molecule has 0 aliphatic carbocycles. The molecule has 0 aliphatic rings. The molecule has 0 bridgehead atoms. The molecule has 3 rings (SSSR count). The molecule has 3 heterocycles. The van der Waals surface area contributed by atoms with Gasteiger partial charge in [0.25, 0.3) is 0 Å². The first-order chi connectivity index (χ1) is 9.16. The van der Waals surface area contributed by atoms with Crippen LogP contribution in [0.15, 0.2) is 18.6 Å². The number of nitrogens with zero attached hydrogens (tertiary/aromatic N) is 6. The van der Waals surface area contributed by atoms with Crippen molar-refractivity contribution < 1.29 is 0 Å². The minimum absolute atomic E-state index is 0.665. The van der Waals surface area contributed by atoms with Gasteiger partial charge in [0.05, 0.1) is 6.20 Å². The van der Waals surface area contributed by atoms with Gasteiger partial charge < -0.3 is 5.32 Å². The zero-order valence-corrected chi connectivity index (χ0v) is 11.1. The molecule has 7 nitrogen and oxygen atoms in total. The lowest BCUT2D eigenvalue weighted by molar-refractivity contribution is 0.738. The maximum atomic E-state index is 4.31. The van der Waals surface area contributed by atoms with Gasteiger partial charge in [0.15, 0.2) is 5.82 Å². The van der Waals surface area contributed by atoms with Gasteiger partial charge in [-0.15, -0.1) is 10.2 Å². The molecule has 19 heavy (non-hydrogen) atoms. The molecular weight excluding hydrogens is 242 g/mol. The van der Waals surface area contributed by atoms with E-state index in [4.69, 9.17) is 0 Å². The van der Waals surface area contributed by atoms with Gasteiger partial charge in [0, 0.05) is 37.2 Å². The molecule has 0 atom stereocenters. The minimum Gasteiger partial charge on any atom is -0.363 e. The van der Waals surface area contributed by atoms with Gasteiger partial charge in [-0.25, -0.2) is 4.98 Å². The highest BCUT2D eigenvalue weighted by atomic mass is 15.3. The van der Waals surface area contributed by atoms with Gasteiger partial charge in [-0.1, -0.05) is 0 Å². The Bertz CT molecular complexity index is 725. The molecule has 0 radical (unpaired) electrons. The number of nitrogens with one attached hydrogen (secondary N) is 1. The van der Waals surface area contributed by atoms with E-state index in [9.17, 15) is 0 Å². The molecule has 0 saturated carbocycles. The highest BCUT2D eigenvalue weighted by molar-refractivity contribution is 5.62. The number of hydrogen-bond acceptors (Lipinski definition) is 5. The Hall–Kier alpha value is -2.44. The highest BCUT2D eigenvalue weighted by Crippen LogP contribution is 2.14. The summed E-state index contributed by atoms with van der Waals surface area (Å²) in [5, 5.41) is 15.7. The van der Waals surface area contributed by atoms with Crippen LogP contribution in [-0.2, 0) is 13.6 Å². The van der Waals surface area contributed by atoms with Crippen molar-refractivity contribution in [1.82, 2.24) is 29.4 Å². The molecule has 0 aromatic carbocycles. The third-order valence-electron chi connectivity index (χ3n) is 3.28. The smallest absolute Gasteiger partial charge is 0.203 e. The summed E-state index contributed by atoms with van der Waals surface area (Å²) in [5.41, 5.74) is 3.01. The van der Waals surface area contributed by atoms with Crippen LogP contribution in [0.2, 0.25) is 0 Å². The predicted octanol–water partition coefficient (Wildman–Crippen LogP) is 1.09. The van der Waals surface area contributed by atoms with Gasteiger partial charge >= 0.3 is 0 Å². The van der Waals surface area contributed by atoms with E-state index in [0.29, 0.717) is 6.54 Å². The Morgan fingerprint density at radius 2 is 2.11 bits per heavy atom. The van der Waals surface area contributed by atoms with E-state index in [-0.39, 0.29) is 0 Å². The van der Waals surface area contributed by atoms with Crippen molar-refractivity contribution in [1.29, 1.82) is 0 Å². The van der Waals surface area contributed by atoms with E-state index in [2.05, 4.69) is 25.6 Å². The maximum Gasteiger partial charge on any atom is 0.203 e. The third kappa shape index (κ3) is 1.92. The number of fused-ring (bicyclic) bond motifs is 1. The Kier molecular flexibility index (Phi) is 2.66. The molecular formula is C12H15N7. The topological polar surface area (TPSA) is 72.9 Å². The molecule has 0 saturated heterocycles. The van der Waals surface area contributed by atoms with Crippen molar-refractivity contribution >= 4 is 11.5 Å². The van der Waals surface area contributed by atoms with Crippen LogP contribution in [0.4, 0.5) is 5.82 Å². The molecule has 7 heteroatoms. The first-order valence-electron chi connectivity index (χ1n) is 6.04. The van der Waals surface area contributed by atoms with E-state index in [0.717, 1.165) is 28.5 Å². The third-order valence-corrected chi connectivity index (χ3v) is 3.28. The van der Waals surface area contributed by atoms with Gasteiger partial charge in [-0.3, -0.25) is 9.08 Å². The van der Waals surface area contributed by atoms with E-state index >= 15 is 0 Å². The van der Waals surface area contributed by atoms with Crippen LogP contribution in [0.5, 0.6) is 0 Å². The highest BCUT2D eigenvalue weighted by Gasteiger charge is 2.09. The summed E-state index contributed by atoms with van der Waals surface area (Å²) < 4.78 is 3.76. The van der Waals surface area contributed by atoms with Crippen LogP contribution in [-0.4, -0.2) is 29.4 Å². The zero-order chi connectivity index (χ0) is 13.4. The molecule has 0 amide bonds. The second kappa shape index (κ2) is 4.34. The first-order valence-corrected chi connectivity index (χ1v) is 6.04. The molecule has 0 spiro atoms. The van der Waals surface area contributed by atoms with Crippen LogP contribution < -0.4 is 5.32 Å². The summed E-state index contributed by atoms with van der Waals surface area (Å²) in [5.74, 6) is 1.57. The van der Waals surface area contributed by atoms with Crippen molar-refractivity contribution in [3.05, 3.63) is 35.7 Å². The van der Waals surface area contributed by atoms with Crippen LogP contribution in [0.25, 0.3) is 5.65 Å². The Labute approximate surface area is 110 Å². The average molecular weight is 257 g/mol. The second-order valence-corrected chi connectivity index (χ2v) is 4.45. The number of rotatable bonds is 3. The van der Waals surface area contributed by atoms with Crippen LogP contribution in [0, 0.1) is 13.8 Å². The average Bonchev–Trinajstić information content (AvgIpc) is 2.94.